The molecule has 26 heavy (non-hydrogen) atoms. The fourth-order valence-electron chi connectivity index (χ4n) is 3.04. The van der Waals surface area contributed by atoms with E-state index in [9.17, 15) is 14.7 Å². The number of nitrogens with zero attached hydrogens (tertiary/aromatic N) is 1. The van der Waals surface area contributed by atoms with Crippen LogP contribution in [0.25, 0.3) is 0 Å². The van der Waals surface area contributed by atoms with Crippen molar-refractivity contribution < 1.29 is 14.7 Å². The Bertz CT molecular complexity index is 819. The zero-order valence-electron chi connectivity index (χ0n) is 14.2. The van der Waals surface area contributed by atoms with Crippen LogP contribution >= 0.6 is 11.6 Å². The second kappa shape index (κ2) is 8.19. The molecule has 3 rings (SSSR count). The van der Waals surface area contributed by atoms with Gasteiger partial charge >= 0.3 is 0 Å². The van der Waals surface area contributed by atoms with E-state index in [4.69, 9.17) is 11.6 Å². The molecule has 0 aliphatic heterocycles. The van der Waals surface area contributed by atoms with Crippen LogP contribution in [0.15, 0.2) is 36.5 Å². The van der Waals surface area contributed by atoms with Crippen molar-refractivity contribution in [3.63, 3.8) is 0 Å². The van der Waals surface area contributed by atoms with Gasteiger partial charge in [-0.05, 0) is 43.2 Å². The lowest BCUT2D eigenvalue weighted by molar-refractivity contribution is -0.115. The molecule has 3 N–H and O–H groups in total. The lowest BCUT2D eigenvalue weighted by atomic mass is 10.1. The van der Waals surface area contributed by atoms with Crippen LogP contribution in [0, 0.1) is 0 Å². The highest BCUT2D eigenvalue weighted by molar-refractivity contribution is 6.30. The van der Waals surface area contributed by atoms with E-state index in [1.54, 1.807) is 24.3 Å². The quantitative estimate of drug-likeness (QED) is 0.749. The third-order valence-corrected chi connectivity index (χ3v) is 4.59. The van der Waals surface area contributed by atoms with Crippen molar-refractivity contribution in [1.29, 1.82) is 0 Å². The summed E-state index contributed by atoms with van der Waals surface area (Å²) in [4.78, 5) is 28.6. The molecule has 1 aliphatic rings. The Morgan fingerprint density at radius 3 is 2.73 bits per heavy atom. The third-order valence-electron chi connectivity index (χ3n) is 4.36. The Kier molecular flexibility index (Phi) is 5.73. The number of halogens is 1. The van der Waals surface area contributed by atoms with E-state index in [0.29, 0.717) is 16.3 Å². The molecule has 0 unspecified atom stereocenters. The molecule has 2 aromatic rings. The van der Waals surface area contributed by atoms with Gasteiger partial charge in [0.25, 0.3) is 5.91 Å². The van der Waals surface area contributed by atoms with Crippen molar-refractivity contribution in [2.45, 2.75) is 38.1 Å². The van der Waals surface area contributed by atoms with Crippen LogP contribution in [0.3, 0.4) is 0 Å². The third kappa shape index (κ3) is 4.73. The number of hydrogen-bond donors (Lipinski definition) is 3. The maximum absolute atomic E-state index is 12.3. The van der Waals surface area contributed by atoms with Crippen molar-refractivity contribution in [1.82, 2.24) is 10.3 Å². The number of phenolic OH excluding ortho intramolecular Hbond substituents is 1. The van der Waals surface area contributed by atoms with Crippen molar-refractivity contribution >= 4 is 29.1 Å². The molecule has 0 saturated heterocycles. The number of benzene rings is 1. The van der Waals surface area contributed by atoms with Crippen molar-refractivity contribution in [3.8, 4) is 5.75 Å². The van der Waals surface area contributed by atoms with E-state index in [2.05, 4.69) is 15.6 Å². The number of aromatic hydroxyl groups is 1. The first-order valence-electron chi connectivity index (χ1n) is 8.55. The highest BCUT2D eigenvalue weighted by Crippen LogP contribution is 2.22. The minimum absolute atomic E-state index is 0.0101. The fourth-order valence-corrected chi connectivity index (χ4v) is 3.23. The molecular weight excluding hydrogens is 354 g/mol. The average Bonchev–Trinajstić information content (AvgIpc) is 3.11. The SMILES string of the molecule is O=C(Cc1cc(Cl)ccc1O)Nc1ccnc(C(=O)NC2CCCC2)c1. The number of carbonyl (C=O) groups is 2. The van der Waals surface area contributed by atoms with Gasteiger partial charge in [0, 0.05) is 28.5 Å². The number of carbonyl (C=O) groups excluding carboxylic acids is 2. The van der Waals surface area contributed by atoms with E-state index in [1.165, 1.54) is 12.3 Å². The van der Waals surface area contributed by atoms with E-state index in [0.717, 1.165) is 25.7 Å². The molecule has 2 amide bonds. The van der Waals surface area contributed by atoms with Crippen LogP contribution in [0.1, 0.15) is 41.7 Å². The van der Waals surface area contributed by atoms with Crippen LogP contribution in [-0.2, 0) is 11.2 Å². The van der Waals surface area contributed by atoms with Crippen LogP contribution in [0.2, 0.25) is 5.02 Å². The summed E-state index contributed by atoms with van der Waals surface area (Å²) < 4.78 is 0. The van der Waals surface area contributed by atoms with Crippen LogP contribution in [-0.4, -0.2) is 27.9 Å². The van der Waals surface area contributed by atoms with Gasteiger partial charge in [-0.15, -0.1) is 0 Å². The van der Waals surface area contributed by atoms with Gasteiger partial charge in [-0.2, -0.15) is 0 Å². The molecule has 0 atom stereocenters. The van der Waals surface area contributed by atoms with Crippen molar-refractivity contribution in [3.05, 3.63) is 52.8 Å². The van der Waals surface area contributed by atoms with Crippen molar-refractivity contribution in [2.24, 2.45) is 0 Å². The molecular formula is C19H20ClN3O3. The minimum atomic E-state index is -0.323. The summed E-state index contributed by atoms with van der Waals surface area (Å²) in [7, 11) is 0. The summed E-state index contributed by atoms with van der Waals surface area (Å²) >= 11 is 5.89. The molecule has 136 valence electrons. The number of aromatic nitrogens is 1. The number of nitrogens with one attached hydrogen (secondary N) is 2. The molecule has 0 radical (unpaired) electrons. The second-order valence-corrected chi connectivity index (χ2v) is 6.82. The van der Waals surface area contributed by atoms with Gasteiger partial charge in [-0.25, -0.2) is 0 Å². The summed E-state index contributed by atoms with van der Waals surface area (Å²) in [6, 6.07) is 7.90. The second-order valence-electron chi connectivity index (χ2n) is 6.38. The van der Waals surface area contributed by atoms with Gasteiger partial charge in [0.15, 0.2) is 0 Å². The predicted molar refractivity (Wildman–Crippen MR) is 99.4 cm³/mol. The first-order valence-corrected chi connectivity index (χ1v) is 8.93. The van der Waals surface area contributed by atoms with Crippen LogP contribution < -0.4 is 10.6 Å². The average molecular weight is 374 g/mol. The molecule has 1 aromatic carbocycles. The monoisotopic (exact) mass is 373 g/mol. The van der Waals surface area contributed by atoms with E-state index in [-0.39, 0.29) is 35.7 Å². The predicted octanol–water partition coefficient (Wildman–Crippen LogP) is 3.29. The molecule has 6 nitrogen and oxygen atoms in total. The number of hydrogen-bond acceptors (Lipinski definition) is 4. The zero-order chi connectivity index (χ0) is 18.5. The van der Waals surface area contributed by atoms with E-state index in [1.807, 2.05) is 0 Å². The standard InChI is InChI=1S/C19H20ClN3O3/c20-13-5-6-17(24)12(9-13)10-18(25)22-15-7-8-21-16(11-15)19(26)23-14-3-1-2-4-14/h5-9,11,14,24H,1-4,10H2,(H,23,26)(H,21,22,25). The minimum Gasteiger partial charge on any atom is -0.508 e. The molecule has 1 heterocycles. The number of phenols is 1. The number of rotatable bonds is 5. The maximum atomic E-state index is 12.3. The largest absolute Gasteiger partial charge is 0.508 e. The Morgan fingerprint density at radius 1 is 1.19 bits per heavy atom. The van der Waals surface area contributed by atoms with Gasteiger partial charge in [-0.1, -0.05) is 24.4 Å². The molecule has 0 spiro atoms. The molecule has 0 bridgehead atoms. The number of anilines is 1. The maximum Gasteiger partial charge on any atom is 0.270 e. The Labute approximate surface area is 156 Å². The van der Waals surface area contributed by atoms with Gasteiger partial charge in [-0.3, -0.25) is 14.6 Å². The Hall–Kier alpha value is -2.60. The lowest BCUT2D eigenvalue weighted by Crippen LogP contribution is -2.33. The molecule has 1 aliphatic carbocycles. The summed E-state index contributed by atoms with van der Waals surface area (Å²) in [5.41, 5.74) is 1.17. The Morgan fingerprint density at radius 2 is 1.96 bits per heavy atom. The highest BCUT2D eigenvalue weighted by atomic mass is 35.5. The van der Waals surface area contributed by atoms with Crippen LogP contribution in [0.4, 0.5) is 5.69 Å². The molecule has 1 fully saturated rings. The number of amides is 2. The first-order chi connectivity index (χ1) is 12.5. The molecule has 1 aromatic heterocycles. The van der Waals surface area contributed by atoms with E-state index < -0.39 is 0 Å². The molecule has 1 saturated carbocycles. The smallest absolute Gasteiger partial charge is 0.270 e. The number of pyridine rings is 1. The molecule has 7 heteroatoms. The summed E-state index contributed by atoms with van der Waals surface area (Å²) in [6.07, 6.45) is 5.70. The van der Waals surface area contributed by atoms with Gasteiger partial charge in [0.2, 0.25) is 5.91 Å². The van der Waals surface area contributed by atoms with Crippen molar-refractivity contribution in [2.75, 3.05) is 5.32 Å². The summed E-state index contributed by atoms with van der Waals surface area (Å²) in [6.45, 7) is 0. The van der Waals surface area contributed by atoms with Gasteiger partial charge < -0.3 is 15.7 Å². The normalized spacial score (nSPS) is 14.2. The first kappa shape index (κ1) is 18.2. The lowest BCUT2D eigenvalue weighted by Gasteiger charge is -2.12. The van der Waals surface area contributed by atoms with Crippen LogP contribution in [0.5, 0.6) is 5.75 Å². The zero-order valence-corrected chi connectivity index (χ0v) is 14.9. The van der Waals surface area contributed by atoms with Gasteiger partial charge in [0.05, 0.1) is 6.42 Å². The summed E-state index contributed by atoms with van der Waals surface area (Å²) in [5.74, 6) is -0.549. The fraction of sp³-hybridized carbons (Fsp3) is 0.316. The summed E-state index contributed by atoms with van der Waals surface area (Å²) in [5, 5.41) is 15.9. The van der Waals surface area contributed by atoms with E-state index >= 15 is 0 Å². The Balaban J connectivity index is 1.63. The van der Waals surface area contributed by atoms with Gasteiger partial charge in [0.1, 0.15) is 11.4 Å². The highest BCUT2D eigenvalue weighted by Gasteiger charge is 2.19. The topological polar surface area (TPSA) is 91.3 Å².